The Labute approximate surface area is 233 Å². The van der Waals surface area contributed by atoms with Crippen LogP contribution in [0.2, 0.25) is 5.02 Å². The monoisotopic (exact) mass is 557 g/mol. The van der Waals surface area contributed by atoms with E-state index in [0.29, 0.717) is 21.3 Å². The van der Waals surface area contributed by atoms with Crippen LogP contribution in [0.4, 0.5) is 21.5 Å². The first-order valence-electron chi connectivity index (χ1n) is 11.9. The van der Waals surface area contributed by atoms with Crippen molar-refractivity contribution < 1.29 is 18.7 Å². The van der Waals surface area contributed by atoms with E-state index < -0.39 is 11.7 Å². The fourth-order valence-electron chi connectivity index (χ4n) is 3.73. The second kappa shape index (κ2) is 12.0. The third-order valence-electron chi connectivity index (χ3n) is 5.56. The average molecular weight is 558 g/mol. The van der Waals surface area contributed by atoms with Gasteiger partial charge in [-0.15, -0.1) is 0 Å². The lowest BCUT2D eigenvalue weighted by molar-refractivity contribution is -0.118. The van der Waals surface area contributed by atoms with Gasteiger partial charge in [-0.2, -0.15) is 0 Å². The molecule has 0 spiro atoms. The number of aliphatic imine (C=N–C) groups is 1. The molecule has 0 radical (unpaired) electrons. The Hall–Kier alpha value is -4.40. The zero-order chi connectivity index (χ0) is 27.2. The van der Waals surface area contributed by atoms with Crippen LogP contribution in [0.25, 0.3) is 6.08 Å². The molecule has 4 aromatic carbocycles. The lowest BCUT2D eigenvalue weighted by Gasteiger charge is -2.15. The number of amidine groups is 1. The van der Waals surface area contributed by atoms with Crippen LogP contribution in [0.3, 0.4) is 0 Å². The number of ether oxygens (including phenoxy) is 1. The number of carbonyl (C=O) groups excluding carboxylic acids is 2. The van der Waals surface area contributed by atoms with Crippen molar-refractivity contribution in [3.05, 3.63) is 124 Å². The molecular weight excluding hydrogens is 537 g/mol. The number of rotatable bonds is 7. The number of nitrogens with one attached hydrogen (secondary N) is 1. The maximum absolute atomic E-state index is 13.8. The van der Waals surface area contributed by atoms with Gasteiger partial charge in [-0.05, 0) is 71.9 Å². The summed E-state index contributed by atoms with van der Waals surface area (Å²) in [7, 11) is 0. The van der Waals surface area contributed by atoms with Crippen LogP contribution in [0, 0.1) is 5.82 Å². The van der Waals surface area contributed by atoms with Crippen molar-refractivity contribution in [3.63, 3.8) is 0 Å². The highest BCUT2D eigenvalue weighted by Gasteiger charge is 2.34. The first-order valence-corrected chi connectivity index (χ1v) is 13.1. The summed E-state index contributed by atoms with van der Waals surface area (Å²) in [6, 6.07) is 29.6. The van der Waals surface area contributed by atoms with E-state index in [1.165, 1.54) is 30.0 Å². The lowest BCUT2D eigenvalue weighted by atomic mass is 10.2. The number of hydrogen-bond acceptors (Lipinski definition) is 5. The number of carbonyl (C=O) groups is 2. The highest BCUT2D eigenvalue weighted by molar-refractivity contribution is 8.19. The normalized spacial score (nSPS) is 15.1. The Bertz CT molecular complexity index is 1580. The molecule has 1 saturated heterocycles. The Balaban J connectivity index is 1.33. The Morgan fingerprint density at radius 2 is 1.67 bits per heavy atom. The van der Waals surface area contributed by atoms with Gasteiger partial charge >= 0.3 is 0 Å². The summed E-state index contributed by atoms with van der Waals surface area (Å²) in [4.78, 5) is 32.4. The minimum absolute atomic E-state index is 0.0672. The summed E-state index contributed by atoms with van der Waals surface area (Å²) in [5.41, 5.74) is 2.19. The van der Waals surface area contributed by atoms with E-state index >= 15 is 0 Å². The van der Waals surface area contributed by atoms with E-state index in [9.17, 15) is 14.0 Å². The van der Waals surface area contributed by atoms with E-state index in [2.05, 4.69) is 5.32 Å². The zero-order valence-corrected chi connectivity index (χ0v) is 22.0. The molecule has 5 rings (SSSR count). The summed E-state index contributed by atoms with van der Waals surface area (Å²) < 4.78 is 19.3. The van der Waals surface area contributed by atoms with Crippen LogP contribution in [0.15, 0.2) is 113 Å². The molecule has 0 atom stereocenters. The molecule has 1 fully saturated rings. The first-order chi connectivity index (χ1) is 19.0. The quantitative estimate of drug-likeness (QED) is 0.242. The smallest absolute Gasteiger partial charge is 0.271 e. The number of hydrogen-bond donors (Lipinski definition) is 1. The minimum Gasteiger partial charge on any atom is -0.482 e. The van der Waals surface area contributed by atoms with E-state index in [1.54, 1.807) is 35.2 Å². The molecule has 9 heteroatoms. The molecule has 4 aromatic rings. The molecule has 6 nitrogen and oxygen atoms in total. The molecule has 39 heavy (non-hydrogen) atoms. The van der Waals surface area contributed by atoms with E-state index in [1.807, 2.05) is 60.7 Å². The molecule has 0 aliphatic carbocycles. The molecule has 0 saturated carbocycles. The number of nitrogens with zero attached hydrogens (tertiary/aromatic N) is 2. The van der Waals surface area contributed by atoms with Gasteiger partial charge < -0.3 is 10.1 Å². The second-order valence-corrected chi connectivity index (χ2v) is 9.74. The van der Waals surface area contributed by atoms with Gasteiger partial charge in [0.2, 0.25) is 0 Å². The predicted molar refractivity (Wildman–Crippen MR) is 155 cm³/mol. The number of thioether (sulfide) groups is 1. The Morgan fingerprint density at radius 3 is 2.38 bits per heavy atom. The van der Waals surface area contributed by atoms with Gasteiger partial charge in [-0.1, -0.05) is 66.2 Å². The summed E-state index contributed by atoms with van der Waals surface area (Å²) in [6.45, 7) is -0.353. The van der Waals surface area contributed by atoms with Crippen molar-refractivity contribution in [1.82, 2.24) is 0 Å². The van der Waals surface area contributed by atoms with Crippen molar-refractivity contribution >= 4 is 63.5 Å². The van der Waals surface area contributed by atoms with Gasteiger partial charge in [-0.3, -0.25) is 14.5 Å². The maximum atomic E-state index is 13.8. The highest BCUT2D eigenvalue weighted by atomic mass is 35.5. The fourth-order valence-corrected chi connectivity index (χ4v) is 4.98. The van der Waals surface area contributed by atoms with Crippen molar-refractivity contribution in [1.29, 1.82) is 0 Å². The fraction of sp³-hybridized carbons (Fsp3) is 0.0333. The molecule has 2 amide bonds. The van der Waals surface area contributed by atoms with Crippen LogP contribution >= 0.6 is 23.4 Å². The lowest BCUT2D eigenvalue weighted by Crippen LogP contribution is -2.28. The van der Waals surface area contributed by atoms with Crippen molar-refractivity contribution in [2.24, 2.45) is 4.99 Å². The maximum Gasteiger partial charge on any atom is 0.271 e. The summed E-state index contributed by atoms with van der Waals surface area (Å²) >= 11 is 7.68. The molecule has 1 aliphatic rings. The van der Waals surface area contributed by atoms with Crippen LogP contribution in [0.5, 0.6) is 5.75 Å². The number of anilines is 2. The first kappa shape index (κ1) is 26.2. The molecule has 0 aromatic heterocycles. The molecule has 1 N–H and O–H groups in total. The standard InChI is InChI=1S/C30H21ClFN3O3S/c31-23-17-20(15-16-26(23)38-19-28(36)34-25-14-8-7-13-24(25)32)18-27-29(37)35(22-11-5-2-6-12-22)30(39-27)33-21-9-3-1-4-10-21/h1-18H,19H2,(H,34,36)/b27-18-,33-30?. The van der Waals surface area contributed by atoms with Gasteiger partial charge in [0.1, 0.15) is 11.6 Å². The summed E-state index contributed by atoms with van der Waals surface area (Å²) in [5, 5.41) is 3.25. The third kappa shape index (κ3) is 6.37. The van der Waals surface area contributed by atoms with Crippen LogP contribution < -0.4 is 15.0 Å². The van der Waals surface area contributed by atoms with Gasteiger partial charge in [0.15, 0.2) is 11.8 Å². The Kier molecular flexibility index (Phi) is 8.05. The molecule has 0 bridgehead atoms. The second-order valence-electron chi connectivity index (χ2n) is 8.32. The molecule has 1 heterocycles. The minimum atomic E-state index is -0.539. The number of amides is 2. The Morgan fingerprint density at radius 1 is 0.974 bits per heavy atom. The van der Waals surface area contributed by atoms with Gasteiger partial charge in [0, 0.05) is 0 Å². The number of para-hydroxylation sites is 3. The highest BCUT2D eigenvalue weighted by Crippen LogP contribution is 2.38. The summed E-state index contributed by atoms with van der Waals surface area (Å²) in [6.07, 6.45) is 1.73. The van der Waals surface area contributed by atoms with E-state index in [0.717, 1.165) is 5.69 Å². The molecule has 1 aliphatic heterocycles. The predicted octanol–water partition coefficient (Wildman–Crippen LogP) is 7.31. The van der Waals surface area contributed by atoms with E-state index in [-0.39, 0.29) is 29.0 Å². The van der Waals surface area contributed by atoms with Crippen LogP contribution in [0.1, 0.15) is 5.56 Å². The van der Waals surface area contributed by atoms with Crippen molar-refractivity contribution in [2.75, 3.05) is 16.8 Å². The number of halogens is 2. The van der Waals surface area contributed by atoms with Gasteiger partial charge in [0.05, 0.1) is 27.0 Å². The molecule has 194 valence electrons. The van der Waals surface area contributed by atoms with Gasteiger partial charge in [0.25, 0.3) is 11.8 Å². The van der Waals surface area contributed by atoms with Gasteiger partial charge in [-0.25, -0.2) is 9.38 Å². The molecular formula is C30H21ClFN3O3S. The van der Waals surface area contributed by atoms with Crippen LogP contribution in [-0.2, 0) is 9.59 Å². The largest absolute Gasteiger partial charge is 0.482 e. The zero-order valence-electron chi connectivity index (χ0n) is 20.4. The SMILES string of the molecule is O=C(COc1ccc(/C=C2\SC(=Nc3ccccc3)N(c3ccccc3)C2=O)cc1Cl)Nc1ccccc1F. The number of benzene rings is 4. The molecule has 0 unspecified atom stereocenters. The van der Waals surface area contributed by atoms with Crippen molar-refractivity contribution in [3.8, 4) is 5.75 Å². The average Bonchev–Trinajstić information content (AvgIpc) is 3.24. The summed E-state index contributed by atoms with van der Waals surface area (Å²) in [5.74, 6) is -0.989. The third-order valence-corrected chi connectivity index (χ3v) is 6.83. The van der Waals surface area contributed by atoms with Crippen molar-refractivity contribution in [2.45, 2.75) is 0 Å². The topological polar surface area (TPSA) is 71.0 Å². The van der Waals surface area contributed by atoms with E-state index in [4.69, 9.17) is 21.3 Å². The van der Waals surface area contributed by atoms with Crippen LogP contribution in [-0.4, -0.2) is 23.6 Å².